The van der Waals surface area contributed by atoms with Crippen LogP contribution >= 0.6 is 0 Å². The maximum atomic E-state index is 13.7. The van der Waals surface area contributed by atoms with E-state index in [1.807, 2.05) is 114 Å². The van der Waals surface area contributed by atoms with Crippen LogP contribution in [0.3, 0.4) is 0 Å². The third-order valence-electron chi connectivity index (χ3n) is 7.85. The first-order chi connectivity index (χ1) is 22.1. The number of methoxy groups -OCH3 is 1. The molecule has 0 aliphatic rings. The molecule has 0 bridgehead atoms. The van der Waals surface area contributed by atoms with Crippen molar-refractivity contribution in [3.63, 3.8) is 0 Å². The van der Waals surface area contributed by atoms with E-state index in [0.29, 0.717) is 6.42 Å². The van der Waals surface area contributed by atoms with Gasteiger partial charge in [0.25, 0.3) is 5.91 Å². The van der Waals surface area contributed by atoms with Crippen LogP contribution in [0.5, 0.6) is 0 Å². The number of nitrogens with zero attached hydrogens (tertiary/aromatic N) is 2. The Bertz CT molecular complexity index is 1440. The van der Waals surface area contributed by atoms with Gasteiger partial charge in [0, 0.05) is 24.8 Å². The van der Waals surface area contributed by atoms with E-state index < -0.39 is 47.1 Å². The lowest BCUT2D eigenvalue weighted by molar-refractivity contribution is -0.132. The summed E-state index contributed by atoms with van der Waals surface area (Å²) < 4.78 is 4.77. The van der Waals surface area contributed by atoms with Gasteiger partial charge < -0.3 is 26.2 Å². The maximum Gasteiger partial charge on any atom is 0.407 e. The zero-order chi connectivity index (χ0) is 34.8. The molecule has 3 amide bonds. The molecular weight excluding hydrogens is 596 g/mol. The summed E-state index contributed by atoms with van der Waals surface area (Å²) in [7, 11) is 1.23. The Morgan fingerprint density at radius 2 is 1.49 bits per heavy atom. The minimum Gasteiger partial charge on any atom is -0.453 e. The largest absolute Gasteiger partial charge is 0.453 e. The van der Waals surface area contributed by atoms with Crippen LogP contribution in [0.25, 0.3) is 11.3 Å². The molecule has 1 unspecified atom stereocenters. The Hall–Kier alpha value is -4.32. The van der Waals surface area contributed by atoms with Gasteiger partial charge >= 0.3 is 6.09 Å². The van der Waals surface area contributed by atoms with Crippen LogP contribution in [-0.4, -0.2) is 70.9 Å². The van der Waals surface area contributed by atoms with E-state index in [1.165, 1.54) is 7.11 Å². The van der Waals surface area contributed by atoms with Crippen LogP contribution in [0.15, 0.2) is 79.0 Å². The monoisotopic (exact) mass is 646 g/mol. The Labute approximate surface area is 278 Å². The molecule has 0 aliphatic carbocycles. The minimum atomic E-state index is -1.12. The van der Waals surface area contributed by atoms with Crippen molar-refractivity contribution in [1.29, 1.82) is 0 Å². The summed E-state index contributed by atoms with van der Waals surface area (Å²) in [5, 5.41) is 18.9. The van der Waals surface area contributed by atoms with E-state index in [1.54, 1.807) is 11.2 Å². The van der Waals surface area contributed by atoms with Gasteiger partial charge in [0.1, 0.15) is 6.04 Å². The molecule has 6 N–H and O–H groups in total. The number of rotatable bonds is 13. The second-order valence-electron chi connectivity index (χ2n) is 13.9. The number of alkyl carbamates (subject to hydrolysis) is 1. The Balaban J connectivity index is 1.91. The fourth-order valence-corrected chi connectivity index (χ4v) is 4.93. The lowest BCUT2D eigenvalue weighted by Gasteiger charge is -2.35. The van der Waals surface area contributed by atoms with Crippen LogP contribution in [-0.2, 0) is 27.3 Å². The summed E-state index contributed by atoms with van der Waals surface area (Å²) in [5.74, 6) is -0.869. The number of hydrazine groups is 1. The standard InChI is InChI=1S/C36H50N6O5/c1-35(2,3)30(37)32(44)39-28(21-24-13-9-8-10-14-24)29(43)23-42(41-33(45)31(36(4,5)6)40-34(46)47-7)22-25-16-18-26(19-17-25)27-15-11-12-20-38-27/h8-20,28-31,43H,21-23,37H2,1-7H3,(H,39,44)(H,40,46)(H,41,45)/t28?,29-,30+,31+/m0/s1. The highest BCUT2D eigenvalue weighted by atomic mass is 16.5. The van der Waals surface area contributed by atoms with Crippen molar-refractivity contribution >= 4 is 17.9 Å². The van der Waals surface area contributed by atoms with Crippen molar-refractivity contribution in [2.45, 2.75) is 78.7 Å². The Kier molecular flexibility index (Phi) is 13.0. The molecule has 2 aromatic carbocycles. The lowest BCUT2D eigenvalue weighted by atomic mass is 9.86. The molecule has 0 spiro atoms. The number of carbonyl (C=O) groups is 3. The summed E-state index contributed by atoms with van der Waals surface area (Å²) in [4.78, 5) is 43.5. The Morgan fingerprint density at radius 3 is 2.04 bits per heavy atom. The van der Waals surface area contributed by atoms with Crippen LogP contribution in [0.1, 0.15) is 52.7 Å². The van der Waals surface area contributed by atoms with Crippen molar-refractivity contribution in [2.24, 2.45) is 16.6 Å². The van der Waals surface area contributed by atoms with Gasteiger partial charge in [0.15, 0.2) is 0 Å². The molecule has 47 heavy (non-hydrogen) atoms. The predicted octanol–water partition coefficient (Wildman–Crippen LogP) is 3.81. The van der Waals surface area contributed by atoms with Crippen LogP contribution in [0.4, 0.5) is 4.79 Å². The second kappa shape index (κ2) is 16.5. The van der Waals surface area contributed by atoms with Gasteiger partial charge in [-0.15, -0.1) is 0 Å². The number of nitrogens with two attached hydrogens (primary N) is 1. The molecule has 4 atom stereocenters. The summed E-state index contributed by atoms with van der Waals surface area (Å²) >= 11 is 0. The van der Waals surface area contributed by atoms with E-state index in [4.69, 9.17) is 10.5 Å². The molecule has 0 saturated heterocycles. The lowest BCUT2D eigenvalue weighted by Crippen LogP contribution is -2.60. The number of benzene rings is 2. The minimum absolute atomic E-state index is 0.0502. The van der Waals surface area contributed by atoms with E-state index in [9.17, 15) is 19.5 Å². The highest BCUT2D eigenvalue weighted by Crippen LogP contribution is 2.22. The highest BCUT2D eigenvalue weighted by Gasteiger charge is 2.35. The van der Waals surface area contributed by atoms with E-state index in [2.05, 4.69) is 21.0 Å². The maximum absolute atomic E-state index is 13.7. The first-order valence-corrected chi connectivity index (χ1v) is 15.8. The first-order valence-electron chi connectivity index (χ1n) is 15.8. The summed E-state index contributed by atoms with van der Waals surface area (Å²) in [6, 6.07) is 20.5. The molecule has 11 nitrogen and oxygen atoms in total. The van der Waals surface area contributed by atoms with Gasteiger partial charge in [-0.25, -0.2) is 9.80 Å². The number of hydrogen-bond acceptors (Lipinski definition) is 8. The van der Waals surface area contributed by atoms with Gasteiger partial charge in [-0.05, 0) is 40.5 Å². The molecular formula is C36H50N6O5. The van der Waals surface area contributed by atoms with E-state index in [-0.39, 0.29) is 19.0 Å². The zero-order valence-corrected chi connectivity index (χ0v) is 28.5. The number of carbonyl (C=O) groups excluding carboxylic acids is 3. The predicted molar refractivity (Wildman–Crippen MR) is 183 cm³/mol. The number of hydrogen-bond donors (Lipinski definition) is 5. The van der Waals surface area contributed by atoms with Gasteiger partial charge in [-0.3, -0.25) is 20.0 Å². The van der Waals surface area contributed by atoms with Gasteiger partial charge in [-0.1, -0.05) is 102 Å². The van der Waals surface area contributed by atoms with Crippen LogP contribution in [0, 0.1) is 10.8 Å². The zero-order valence-electron chi connectivity index (χ0n) is 28.5. The number of ether oxygens (including phenoxy) is 1. The molecule has 3 aromatic rings. The van der Waals surface area contributed by atoms with Crippen molar-refractivity contribution in [1.82, 2.24) is 26.1 Å². The molecule has 0 fully saturated rings. The number of aliphatic hydroxyl groups is 1. The Morgan fingerprint density at radius 1 is 0.851 bits per heavy atom. The summed E-state index contributed by atoms with van der Waals surface area (Å²) in [5.41, 5.74) is 11.5. The smallest absolute Gasteiger partial charge is 0.407 e. The molecule has 3 rings (SSSR count). The van der Waals surface area contributed by atoms with E-state index >= 15 is 0 Å². The number of aliphatic hydroxyl groups excluding tert-OH is 1. The normalized spacial score (nSPS) is 14.4. The van der Waals surface area contributed by atoms with E-state index in [0.717, 1.165) is 22.4 Å². The molecule has 254 valence electrons. The van der Waals surface area contributed by atoms with Crippen LogP contribution in [0.2, 0.25) is 0 Å². The first kappa shape index (κ1) is 37.1. The molecule has 0 radical (unpaired) electrons. The summed E-state index contributed by atoms with van der Waals surface area (Å²) in [6.45, 7) is 11.3. The number of pyridine rings is 1. The second-order valence-corrected chi connectivity index (χ2v) is 13.9. The topological polar surface area (TPSA) is 159 Å². The number of aromatic nitrogens is 1. The van der Waals surface area contributed by atoms with Crippen molar-refractivity contribution in [3.8, 4) is 11.3 Å². The number of nitrogens with one attached hydrogen (secondary N) is 3. The molecule has 0 saturated carbocycles. The average molecular weight is 647 g/mol. The number of amides is 3. The fraction of sp³-hybridized carbons (Fsp3) is 0.444. The molecule has 11 heteroatoms. The SMILES string of the molecule is COC(=O)N[C@H](C(=O)NN(Cc1ccc(-c2ccccn2)cc1)C[C@H](O)C(Cc1ccccc1)NC(=O)[C@@H](N)C(C)(C)C)C(C)(C)C. The van der Waals surface area contributed by atoms with Crippen molar-refractivity contribution in [3.05, 3.63) is 90.1 Å². The van der Waals surface area contributed by atoms with Crippen molar-refractivity contribution < 1.29 is 24.2 Å². The van der Waals surface area contributed by atoms with Crippen molar-refractivity contribution in [2.75, 3.05) is 13.7 Å². The summed E-state index contributed by atoms with van der Waals surface area (Å²) in [6.07, 6.45) is 0.202. The highest BCUT2D eigenvalue weighted by molar-refractivity contribution is 5.86. The molecule has 1 aromatic heterocycles. The quantitative estimate of drug-likeness (QED) is 0.175. The third-order valence-corrected chi connectivity index (χ3v) is 7.85. The average Bonchev–Trinajstić information content (AvgIpc) is 3.02. The van der Waals surface area contributed by atoms with Crippen LogP contribution < -0.4 is 21.8 Å². The fourth-order valence-electron chi connectivity index (χ4n) is 4.93. The van der Waals surface area contributed by atoms with Gasteiger partial charge in [-0.2, -0.15) is 0 Å². The van der Waals surface area contributed by atoms with Gasteiger partial charge in [0.05, 0.1) is 31.0 Å². The molecule has 0 aliphatic heterocycles. The van der Waals surface area contributed by atoms with Gasteiger partial charge in [0.2, 0.25) is 5.91 Å². The third kappa shape index (κ3) is 11.5. The molecule has 1 heterocycles.